The van der Waals surface area contributed by atoms with Gasteiger partial charge in [-0.25, -0.2) is 4.98 Å². The Balaban J connectivity index is 1.17. The van der Waals surface area contributed by atoms with Crippen molar-refractivity contribution in [1.29, 1.82) is 0 Å². The molecule has 0 spiro atoms. The monoisotopic (exact) mass is 572 g/mol. The SMILES string of the molecule is CC(C)c1ccnc(-n2c3ccccc3c3ccc(Oc4cccc(C5=CN(c6ccccc6)C6C=CC=CN56)c4)cc32)c1. The number of hydrogen-bond acceptors (Lipinski definition) is 4. The fraction of sp³-hybridized carbons (Fsp3) is 0.103. The molecule has 5 nitrogen and oxygen atoms in total. The zero-order chi connectivity index (χ0) is 29.6. The summed E-state index contributed by atoms with van der Waals surface area (Å²) in [6.45, 7) is 4.43. The van der Waals surface area contributed by atoms with Gasteiger partial charge >= 0.3 is 0 Å². The Morgan fingerprint density at radius 2 is 1.52 bits per heavy atom. The molecule has 4 heterocycles. The molecule has 4 aromatic carbocycles. The Morgan fingerprint density at radius 3 is 2.41 bits per heavy atom. The molecule has 0 saturated carbocycles. The molecule has 0 saturated heterocycles. The van der Waals surface area contributed by atoms with Crippen LogP contribution in [0.25, 0.3) is 33.3 Å². The first kappa shape index (κ1) is 26.1. The van der Waals surface area contributed by atoms with Crippen LogP contribution in [-0.4, -0.2) is 20.6 Å². The second-order valence-corrected chi connectivity index (χ2v) is 11.6. The van der Waals surface area contributed by atoms with Crippen molar-refractivity contribution in [3.63, 3.8) is 0 Å². The van der Waals surface area contributed by atoms with Crippen molar-refractivity contribution < 1.29 is 4.74 Å². The molecule has 0 bridgehead atoms. The molecule has 2 aliphatic heterocycles. The minimum atomic E-state index is 0.0918. The van der Waals surface area contributed by atoms with E-state index in [-0.39, 0.29) is 6.17 Å². The van der Waals surface area contributed by atoms with Crippen LogP contribution in [0.15, 0.2) is 146 Å². The molecule has 2 aromatic heterocycles. The van der Waals surface area contributed by atoms with E-state index in [2.05, 4.69) is 162 Å². The van der Waals surface area contributed by atoms with Crippen LogP contribution in [0.1, 0.15) is 30.9 Å². The molecule has 2 aliphatic rings. The Hall–Kier alpha value is -5.55. The number of benzene rings is 4. The van der Waals surface area contributed by atoms with E-state index in [1.807, 2.05) is 12.3 Å². The molecule has 8 rings (SSSR count). The van der Waals surface area contributed by atoms with Crippen LogP contribution < -0.4 is 9.64 Å². The summed E-state index contributed by atoms with van der Waals surface area (Å²) in [6, 6.07) is 38.0. The lowest BCUT2D eigenvalue weighted by Crippen LogP contribution is -2.35. The molecule has 0 aliphatic carbocycles. The fourth-order valence-corrected chi connectivity index (χ4v) is 6.29. The van der Waals surface area contributed by atoms with Gasteiger partial charge in [-0.2, -0.15) is 0 Å². The molecular weight excluding hydrogens is 540 g/mol. The molecule has 1 atom stereocenters. The fourth-order valence-electron chi connectivity index (χ4n) is 6.29. The number of aromatic nitrogens is 2. The van der Waals surface area contributed by atoms with Crippen LogP contribution in [0.4, 0.5) is 5.69 Å². The van der Waals surface area contributed by atoms with Gasteiger partial charge in [-0.05, 0) is 78.2 Å². The third-order valence-corrected chi connectivity index (χ3v) is 8.48. The second kappa shape index (κ2) is 10.6. The van der Waals surface area contributed by atoms with Crippen LogP contribution in [0.2, 0.25) is 0 Å². The maximum absolute atomic E-state index is 6.56. The summed E-state index contributed by atoms with van der Waals surface area (Å²) >= 11 is 0. The van der Waals surface area contributed by atoms with Crippen molar-refractivity contribution in [2.45, 2.75) is 25.9 Å². The van der Waals surface area contributed by atoms with E-state index < -0.39 is 0 Å². The summed E-state index contributed by atoms with van der Waals surface area (Å²) in [7, 11) is 0. The van der Waals surface area contributed by atoms with Crippen molar-refractivity contribution in [3.05, 3.63) is 157 Å². The van der Waals surface area contributed by atoms with E-state index in [4.69, 9.17) is 9.72 Å². The third-order valence-electron chi connectivity index (χ3n) is 8.48. The zero-order valence-electron chi connectivity index (χ0n) is 24.7. The van der Waals surface area contributed by atoms with Crippen molar-refractivity contribution in [2.24, 2.45) is 0 Å². The summed E-state index contributed by atoms with van der Waals surface area (Å²) in [5.74, 6) is 2.90. The summed E-state index contributed by atoms with van der Waals surface area (Å²) in [6.07, 6.45) is 12.8. The first-order valence-corrected chi connectivity index (χ1v) is 15.1. The molecule has 0 fully saturated rings. The predicted molar refractivity (Wildman–Crippen MR) is 180 cm³/mol. The second-order valence-electron chi connectivity index (χ2n) is 11.6. The van der Waals surface area contributed by atoms with Gasteiger partial charge in [0.25, 0.3) is 0 Å². The molecule has 44 heavy (non-hydrogen) atoms. The molecule has 5 heteroatoms. The first-order chi connectivity index (χ1) is 21.6. The van der Waals surface area contributed by atoms with Gasteiger partial charge < -0.3 is 14.5 Å². The van der Waals surface area contributed by atoms with Crippen LogP contribution in [0.3, 0.4) is 0 Å². The van der Waals surface area contributed by atoms with E-state index >= 15 is 0 Å². The smallest absolute Gasteiger partial charge is 0.137 e. The quantitative estimate of drug-likeness (QED) is 0.199. The largest absolute Gasteiger partial charge is 0.457 e. The number of allylic oxidation sites excluding steroid dienone is 2. The number of para-hydroxylation sites is 2. The molecular formula is C39H32N4O. The molecule has 0 radical (unpaired) electrons. The van der Waals surface area contributed by atoms with E-state index in [9.17, 15) is 0 Å². The van der Waals surface area contributed by atoms with Crippen molar-refractivity contribution in [2.75, 3.05) is 4.90 Å². The first-order valence-electron chi connectivity index (χ1n) is 15.1. The summed E-state index contributed by atoms with van der Waals surface area (Å²) < 4.78 is 8.81. The topological polar surface area (TPSA) is 33.5 Å². The van der Waals surface area contributed by atoms with E-state index in [0.717, 1.165) is 45.3 Å². The lowest BCUT2D eigenvalue weighted by Gasteiger charge is -2.31. The number of pyridine rings is 1. The molecule has 214 valence electrons. The minimum Gasteiger partial charge on any atom is -0.457 e. The van der Waals surface area contributed by atoms with Gasteiger partial charge in [0.1, 0.15) is 23.5 Å². The number of rotatable bonds is 6. The molecule has 6 aromatic rings. The van der Waals surface area contributed by atoms with Crippen LogP contribution in [0.5, 0.6) is 11.5 Å². The van der Waals surface area contributed by atoms with Crippen LogP contribution >= 0.6 is 0 Å². The Labute approximate surface area is 257 Å². The lowest BCUT2D eigenvalue weighted by molar-refractivity contribution is 0.470. The maximum atomic E-state index is 6.56. The number of fused-ring (bicyclic) bond motifs is 4. The normalized spacial score (nSPS) is 15.8. The van der Waals surface area contributed by atoms with E-state index in [0.29, 0.717) is 5.92 Å². The Morgan fingerprint density at radius 1 is 0.705 bits per heavy atom. The number of hydrogen-bond donors (Lipinski definition) is 0. The minimum absolute atomic E-state index is 0.0918. The summed E-state index contributed by atoms with van der Waals surface area (Å²) in [4.78, 5) is 9.40. The highest BCUT2D eigenvalue weighted by atomic mass is 16.5. The standard InChI is InChI=1S/C39H32N4O/c1-27(2)28-20-21-40-38(24-28)43-35-16-7-6-15-33(35)34-19-18-32(25-36(34)43)44-31-14-10-11-29(23-31)37-26-42(30-12-4-3-5-13-30)39-17-8-9-22-41(37)39/h3-27,39H,1-2H3. The van der Waals surface area contributed by atoms with Gasteiger partial charge in [0.15, 0.2) is 0 Å². The van der Waals surface area contributed by atoms with Gasteiger partial charge in [0, 0.05) is 46.7 Å². The van der Waals surface area contributed by atoms with Gasteiger partial charge in [-0.1, -0.05) is 68.5 Å². The number of nitrogens with zero attached hydrogens (tertiary/aromatic N) is 4. The predicted octanol–water partition coefficient (Wildman–Crippen LogP) is 9.62. The Bertz CT molecular complexity index is 2100. The van der Waals surface area contributed by atoms with Crippen molar-refractivity contribution in [1.82, 2.24) is 14.5 Å². The van der Waals surface area contributed by atoms with Crippen LogP contribution in [-0.2, 0) is 0 Å². The van der Waals surface area contributed by atoms with Gasteiger partial charge in [-0.3, -0.25) is 4.57 Å². The summed E-state index contributed by atoms with van der Waals surface area (Å²) in [5.41, 5.74) is 6.83. The average Bonchev–Trinajstić information content (AvgIpc) is 3.61. The van der Waals surface area contributed by atoms with Crippen molar-refractivity contribution in [3.8, 4) is 17.3 Å². The molecule has 1 unspecified atom stereocenters. The highest BCUT2D eigenvalue weighted by molar-refractivity contribution is 6.09. The van der Waals surface area contributed by atoms with E-state index in [1.165, 1.54) is 16.3 Å². The number of anilines is 1. The van der Waals surface area contributed by atoms with Gasteiger partial charge in [0.2, 0.25) is 0 Å². The molecule has 0 N–H and O–H groups in total. The third kappa shape index (κ3) is 4.45. The van der Waals surface area contributed by atoms with Gasteiger partial charge in [0.05, 0.1) is 16.7 Å². The summed E-state index contributed by atoms with van der Waals surface area (Å²) in [5, 5.41) is 2.37. The molecule has 0 amide bonds. The van der Waals surface area contributed by atoms with Crippen LogP contribution in [0, 0.1) is 0 Å². The van der Waals surface area contributed by atoms with E-state index in [1.54, 1.807) is 0 Å². The average molecular weight is 573 g/mol. The number of ether oxygens (including phenoxy) is 1. The maximum Gasteiger partial charge on any atom is 0.137 e. The highest BCUT2D eigenvalue weighted by Crippen LogP contribution is 2.39. The van der Waals surface area contributed by atoms with Crippen molar-refractivity contribution >= 4 is 33.2 Å². The zero-order valence-corrected chi connectivity index (χ0v) is 24.7. The lowest BCUT2D eigenvalue weighted by atomic mass is 10.1. The van der Waals surface area contributed by atoms with Gasteiger partial charge in [-0.15, -0.1) is 0 Å². The Kier molecular flexibility index (Phi) is 6.30. The highest BCUT2D eigenvalue weighted by Gasteiger charge is 2.31.